The van der Waals surface area contributed by atoms with E-state index < -0.39 is 35.4 Å². The maximum absolute atomic E-state index is 12.0. The molecule has 0 unspecified atom stereocenters. The number of nitrogens with two attached hydrogens (primary N) is 1. The van der Waals surface area contributed by atoms with E-state index in [0.29, 0.717) is 6.61 Å². The number of hydrogen-bond acceptors (Lipinski definition) is 7. The Morgan fingerprint density at radius 3 is 2.64 bits per heavy atom. The number of aliphatic hydroxyl groups is 1. The average molecular weight is 355 g/mol. The molecular formula is C15H21N3O7. The molecule has 0 radical (unpaired) electrons. The molecule has 0 aliphatic heterocycles. The minimum atomic E-state index is -1.46. The summed E-state index contributed by atoms with van der Waals surface area (Å²) in [5.41, 5.74) is -0.427. The van der Waals surface area contributed by atoms with Crippen LogP contribution in [0, 0.1) is 10.1 Å². The van der Waals surface area contributed by atoms with E-state index in [9.17, 15) is 29.9 Å². The average Bonchev–Trinajstić information content (AvgIpc) is 2.52. The summed E-state index contributed by atoms with van der Waals surface area (Å²) < 4.78 is 5.18. The van der Waals surface area contributed by atoms with Crippen molar-refractivity contribution in [2.75, 3.05) is 18.5 Å². The number of nitro benzene ring substituents is 1. The third-order valence-corrected chi connectivity index (χ3v) is 3.22. The molecule has 0 aliphatic rings. The van der Waals surface area contributed by atoms with Crippen LogP contribution in [0.3, 0.4) is 0 Å². The highest BCUT2D eigenvalue weighted by Gasteiger charge is 2.22. The third kappa shape index (κ3) is 6.73. The molecule has 0 aromatic heterocycles. The van der Waals surface area contributed by atoms with Crippen LogP contribution < -0.4 is 20.5 Å². The highest BCUT2D eigenvalue weighted by molar-refractivity contribution is 5.95. The van der Waals surface area contributed by atoms with E-state index >= 15 is 0 Å². The number of rotatable bonds is 10. The summed E-state index contributed by atoms with van der Waals surface area (Å²) in [6.45, 7) is 3.61. The van der Waals surface area contributed by atoms with Crippen LogP contribution in [0.1, 0.15) is 20.3 Å². The standard InChI is InChI=1S/C15H21N3O7/c1-3-25-10-4-5-11(13(6-10)18(23)24)17-14(20)7-12(15(21)22)16-8-9(2)19/h4-6,9,12,16,19H,3,7-8H2,1-2H3,(H,17,20)(H,21,22)/t9-,12-/m1/s1. The molecule has 0 spiro atoms. The topological polar surface area (TPSA) is 158 Å². The van der Waals surface area contributed by atoms with Gasteiger partial charge in [-0.25, -0.2) is 0 Å². The lowest BCUT2D eigenvalue weighted by Crippen LogP contribution is -2.94. The molecule has 4 N–H and O–H groups in total. The number of aliphatic carboxylic acids is 1. The Hall–Kier alpha value is -2.72. The molecule has 1 aromatic carbocycles. The molecule has 0 saturated carbocycles. The fourth-order valence-electron chi connectivity index (χ4n) is 2.05. The second-order valence-electron chi connectivity index (χ2n) is 5.37. The molecular weight excluding hydrogens is 334 g/mol. The van der Waals surface area contributed by atoms with Gasteiger partial charge in [0.25, 0.3) is 5.69 Å². The molecule has 0 bridgehead atoms. The minimum absolute atomic E-state index is 0.0638. The van der Waals surface area contributed by atoms with Gasteiger partial charge in [0, 0.05) is 0 Å². The van der Waals surface area contributed by atoms with Crippen LogP contribution in [0.25, 0.3) is 0 Å². The van der Waals surface area contributed by atoms with Gasteiger partial charge in [-0.05, 0) is 26.0 Å². The number of aliphatic hydroxyl groups excluding tert-OH is 1. The number of benzene rings is 1. The lowest BCUT2D eigenvalue weighted by molar-refractivity contribution is -0.687. The number of carbonyl (C=O) groups excluding carboxylic acids is 2. The Bertz CT molecular complexity index is 634. The van der Waals surface area contributed by atoms with Crippen LogP contribution in [0.4, 0.5) is 11.4 Å². The number of carbonyl (C=O) groups is 2. The van der Waals surface area contributed by atoms with E-state index in [1.165, 1.54) is 30.4 Å². The summed E-state index contributed by atoms with van der Waals surface area (Å²) in [6.07, 6.45) is -1.21. The summed E-state index contributed by atoms with van der Waals surface area (Å²) in [4.78, 5) is 33.5. The predicted molar refractivity (Wildman–Crippen MR) is 84.8 cm³/mol. The molecule has 1 aromatic rings. The van der Waals surface area contributed by atoms with Gasteiger partial charge in [0.1, 0.15) is 24.0 Å². The Kier molecular flexibility index (Phi) is 7.76. The number of amides is 1. The van der Waals surface area contributed by atoms with Gasteiger partial charge >= 0.3 is 0 Å². The lowest BCUT2D eigenvalue weighted by Gasteiger charge is -2.17. The first kappa shape index (κ1) is 20.3. The molecule has 10 nitrogen and oxygen atoms in total. The van der Waals surface area contributed by atoms with E-state index in [1.807, 2.05) is 0 Å². The predicted octanol–water partition coefficient (Wildman–Crippen LogP) is -1.62. The van der Waals surface area contributed by atoms with Crippen molar-refractivity contribution in [2.45, 2.75) is 32.4 Å². The van der Waals surface area contributed by atoms with E-state index in [2.05, 4.69) is 5.32 Å². The van der Waals surface area contributed by atoms with Crippen molar-refractivity contribution in [3.8, 4) is 5.75 Å². The summed E-state index contributed by atoms with van der Waals surface area (Å²) in [6, 6.07) is 2.74. The number of quaternary nitrogens is 1. The summed E-state index contributed by atoms with van der Waals surface area (Å²) >= 11 is 0. The van der Waals surface area contributed by atoms with Gasteiger partial charge in [-0.1, -0.05) is 0 Å². The first-order chi connectivity index (χ1) is 11.7. The van der Waals surface area contributed by atoms with Crippen LogP contribution in [-0.2, 0) is 9.59 Å². The largest absolute Gasteiger partial charge is 0.544 e. The van der Waals surface area contributed by atoms with Gasteiger partial charge in [0.15, 0.2) is 0 Å². The molecule has 10 heteroatoms. The zero-order valence-corrected chi connectivity index (χ0v) is 13.9. The van der Waals surface area contributed by atoms with E-state index in [-0.39, 0.29) is 23.7 Å². The van der Waals surface area contributed by atoms with Crippen molar-refractivity contribution < 1.29 is 34.8 Å². The number of nitrogens with one attached hydrogen (secondary N) is 1. The van der Waals surface area contributed by atoms with Crippen LogP contribution in [0.15, 0.2) is 18.2 Å². The van der Waals surface area contributed by atoms with Crippen LogP contribution in [0.2, 0.25) is 0 Å². The molecule has 138 valence electrons. The number of carboxylic acids is 1. The van der Waals surface area contributed by atoms with Crippen molar-refractivity contribution >= 4 is 23.3 Å². The number of ether oxygens (including phenoxy) is 1. The Morgan fingerprint density at radius 1 is 1.44 bits per heavy atom. The smallest absolute Gasteiger partial charge is 0.296 e. The summed E-state index contributed by atoms with van der Waals surface area (Å²) in [7, 11) is 0. The van der Waals surface area contributed by atoms with Crippen LogP contribution >= 0.6 is 0 Å². The number of hydrogen-bond donors (Lipinski definition) is 3. The fraction of sp³-hybridized carbons (Fsp3) is 0.467. The first-order valence-corrected chi connectivity index (χ1v) is 7.67. The molecule has 0 saturated heterocycles. The molecule has 0 heterocycles. The molecule has 25 heavy (non-hydrogen) atoms. The van der Waals surface area contributed by atoms with Gasteiger partial charge in [0.05, 0.1) is 36.1 Å². The number of carboxylic acid groups (broad SMARTS) is 1. The SMILES string of the molecule is CCOc1ccc(NC(=O)C[C@@H]([NH2+]C[C@@H](C)O)C(=O)[O-])c([N+](=O)[O-])c1. The van der Waals surface area contributed by atoms with Gasteiger partial charge in [-0.3, -0.25) is 14.9 Å². The van der Waals surface area contributed by atoms with Crippen molar-refractivity contribution in [3.05, 3.63) is 28.3 Å². The number of nitro groups is 1. The zero-order valence-electron chi connectivity index (χ0n) is 13.9. The van der Waals surface area contributed by atoms with Crippen molar-refractivity contribution in [1.29, 1.82) is 0 Å². The fourth-order valence-corrected chi connectivity index (χ4v) is 2.05. The van der Waals surface area contributed by atoms with Crippen molar-refractivity contribution in [1.82, 2.24) is 0 Å². The monoisotopic (exact) mass is 355 g/mol. The quantitative estimate of drug-likeness (QED) is 0.336. The highest BCUT2D eigenvalue weighted by Crippen LogP contribution is 2.29. The zero-order chi connectivity index (χ0) is 19.0. The molecule has 1 amide bonds. The van der Waals surface area contributed by atoms with Crippen LogP contribution in [0.5, 0.6) is 5.75 Å². The highest BCUT2D eigenvalue weighted by atomic mass is 16.6. The second-order valence-corrected chi connectivity index (χ2v) is 5.37. The minimum Gasteiger partial charge on any atom is -0.544 e. The van der Waals surface area contributed by atoms with Crippen molar-refractivity contribution in [2.24, 2.45) is 0 Å². The molecule has 0 fully saturated rings. The van der Waals surface area contributed by atoms with Gasteiger partial charge < -0.3 is 30.4 Å². The van der Waals surface area contributed by atoms with Crippen LogP contribution in [-0.4, -0.2) is 47.2 Å². The van der Waals surface area contributed by atoms with Gasteiger partial charge in [0.2, 0.25) is 5.91 Å². The molecule has 0 aliphatic carbocycles. The second kappa shape index (κ2) is 9.55. The molecule has 1 rings (SSSR count). The summed E-state index contributed by atoms with van der Waals surface area (Å²) in [5.74, 6) is -1.90. The van der Waals surface area contributed by atoms with E-state index in [4.69, 9.17) is 4.74 Å². The lowest BCUT2D eigenvalue weighted by atomic mass is 10.1. The number of anilines is 1. The van der Waals surface area contributed by atoms with Crippen molar-refractivity contribution in [3.63, 3.8) is 0 Å². The first-order valence-electron chi connectivity index (χ1n) is 7.67. The van der Waals surface area contributed by atoms with E-state index in [0.717, 1.165) is 0 Å². The Labute approximate surface area is 143 Å². The van der Waals surface area contributed by atoms with Gasteiger partial charge in [-0.15, -0.1) is 0 Å². The normalized spacial score (nSPS) is 12.9. The van der Waals surface area contributed by atoms with E-state index in [1.54, 1.807) is 6.92 Å². The molecule has 2 atom stereocenters. The Balaban J connectivity index is 2.84. The maximum Gasteiger partial charge on any atom is 0.296 e. The number of nitrogens with zero attached hydrogens (tertiary/aromatic N) is 1. The van der Waals surface area contributed by atoms with Gasteiger partial charge in [-0.2, -0.15) is 0 Å². The third-order valence-electron chi connectivity index (χ3n) is 3.22. The summed E-state index contributed by atoms with van der Waals surface area (Å²) in [5, 5.41) is 35.0. The maximum atomic E-state index is 12.0. The Morgan fingerprint density at radius 2 is 2.12 bits per heavy atom.